The number of nitrogens with zero attached hydrogens (tertiary/aromatic N) is 2. The first-order chi connectivity index (χ1) is 13.5. The Morgan fingerprint density at radius 3 is 2.50 bits per heavy atom. The van der Waals surface area contributed by atoms with Crippen molar-refractivity contribution in [3.63, 3.8) is 0 Å². The number of nitrogens with one attached hydrogen (secondary N) is 1. The first-order valence-electron chi connectivity index (χ1n) is 9.54. The van der Waals surface area contributed by atoms with Gasteiger partial charge in [0.25, 0.3) is 5.91 Å². The van der Waals surface area contributed by atoms with Crippen molar-refractivity contribution >= 4 is 5.91 Å². The smallest absolute Gasteiger partial charge is 0.251 e. The molecule has 2 aromatic carbocycles. The van der Waals surface area contributed by atoms with Crippen molar-refractivity contribution in [3.05, 3.63) is 82.9 Å². The zero-order valence-corrected chi connectivity index (χ0v) is 16.9. The van der Waals surface area contributed by atoms with E-state index in [0.717, 1.165) is 41.2 Å². The third kappa shape index (κ3) is 4.42. The van der Waals surface area contributed by atoms with Crippen LogP contribution in [0.5, 0.6) is 5.75 Å². The number of ether oxygens (including phenoxy) is 1. The highest BCUT2D eigenvalue weighted by atomic mass is 16.5. The first-order valence-corrected chi connectivity index (χ1v) is 9.54. The van der Waals surface area contributed by atoms with E-state index < -0.39 is 0 Å². The average molecular weight is 377 g/mol. The van der Waals surface area contributed by atoms with Crippen molar-refractivity contribution in [2.75, 3.05) is 7.11 Å². The van der Waals surface area contributed by atoms with Gasteiger partial charge in [0.1, 0.15) is 11.6 Å². The van der Waals surface area contributed by atoms with Crippen LogP contribution < -0.4 is 10.1 Å². The van der Waals surface area contributed by atoms with E-state index >= 15 is 0 Å². The molecule has 0 saturated heterocycles. The Morgan fingerprint density at radius 1 is 1.18 bits per heavy atom. The number of rotatable bonds is 7. The lowest BCUT2D eigenvalue weighted by Gasteiger charge is -2.19. The number of hydrogen-bond donors (Lipinski definition) is 1. The SMILES string of the molecule is CC[C@@H](NC(=O)c1ccc(Cn2ccnc2C)cc1)c1ccc(OC)c(C)c1. The number of aryl methyl sites for hydroxylation is 2. The largest absolute Gasteiger partial charge is 0.496 e. The van der Waals surface area contributed by atoms with Crippen LogP contribution in [0.4, 0.5) is 0 Å². The van der Waals surface area contributed by atoms with Gasteiger partial charge in [0.2, 0.25) is 0 Å². The van der Waals surface area contributed by atoms with Gasteiger partial charge >= 0.3 is 0 Å². The van der Waals surface area contributed by atoms with Gasteiger partial charge in [-0.15, -0.1) is 0 Å². The van der Waals surface area contributed by atoms with Crippen LogP contribution in [-0.2, 0) is 6.54 Å². The fourth-order valence-corrected chi connectivity index (χ4v) is 3.31. The molecule has 0 aliphatic carbocycles. The summed E-state index contributed by atoms with van der Waals surface area (Å²) in [4.78, 5) is 17.0. The van der Waals surface area contributed by atoms with Crippen molar-refractivity contribution in [1.29, 1.82) is 0 Å². The monoisotopic (exact) mass is 377 g/mol. The Hall–Kier alpha value is -3.08. The van der Waals surface area contributed by atoms with Gasteiger partial charge < -0.3 is 14.6 Å². The zero-order valence-electron chi connectivity index (χ0n) is 16.9. The summed E-state index contributed by atoms with van der Waals surface area (Å²) >= 11 is 0. The van der Waals surface area contributed by atoms with Crippen LogP contribution in [0.1, 0.15) is 52.3 Å². The number of amides is 1. The van der Waals surface area contributed by atoms with Crippen molar-refractivity contribution in [2.24, 2.45) is 0 Å². The fraction of sp³-hybridized carbons (Fsp3) is 0.304. The molecule has 0 spiro atoms. The summed E-state index contributed by atoms with van der Waals surface area (Å²) in [5, 5.41) is 3.14. The minimum atomic E-state index is -0.0642. The van der Waals surface area contributed by atoms with Crippen molar-refractivity contribution < 1.29 is 9.53 Å². The lowest BCUT2D eigenvalue weighted by Crippen LogP contribution is -2.28. The molecule has 0 bridgehead atoms. The number of hydrogen-bond acceptors (Lipinski definition) is 3. The van der Waals surface area contributed by atoms with Crippen LogP contribution in [0, 0.1) is 13.8 Å². The lowest BCUT2D eigenvalue weighted by atomic mass is 10.0. The standard InChI is InChI=1S/C23H27N3O2/c1-5-21(20-10-11-22(28-4)16(2)14-20)25-23(27)19-8-6-18(7-9-19)15-26-13-12-24-17(26)3/h6-14,21H,5,15H2,1-4H3,(H,25,27)/t21-/m1/s1. The van der Waals surface area contributed by atoms with Gasteiger partial charge in [0, 0.05) is 24.5 Å². The van der Waals surface area contributed by atoms with Gasteiger partial charge in [-0.1, -0.05) is 31.2 Å². The summed E-state index contributed by atoms with van der Waals surface area (Å²) < 4.78 is 7.40. The van der Waals surface area contributed by atoms with Crippen molar-refractivity contribution in [2.45, 2.75) is 39.8 Å². The van der Waals surface area contributed by atoms with E-state index in [2.05, 4.69) is 27.9 Å². The number of methoxy groups -OCH3 is 1. The lowest BCUT2D eigenvalue weighted by molar-refractivity contribution is 0.0935. The second-order valence-corrected chi connectivity index (χ2v) is 6.96. The van der Waals surface area contributed by atoms with Crippen LogP contribution in [0.25, 0.3) is 0 Å². The van der Waals surface area contributed by atoms with Gasteiger partial charge in [-0.25, -0.2) is 4.98 Å². The van der Waals surface area contributed by atoms with Gasteiger partial charge in [0.05, 0.1) is 13.2 Å². The quantitative estimate of drug-likeness (QED) is 0.662. The summed E-state index contributed by atoms with van der Waals surface area (Å²) in [6, 6.07) is 13.7. The predicted molar refractivity (Wildman–Crippen MR) is 111 cm³/mol. The van der Waals surface area contributed by atoms with Gasteiger partial charge in [0.15, 0.2) is 0 Å². The second-order valence-electron chi connectivity index (χ2n) is 6.96. The summed E-state index contributed by atoms with van der Waals surface area (Å²) in [6.45, 7) is 6.81. The molecular weight excluding hydrogens is 350 g/mol. The Balaban J connectivity index is 1.69. The van der Waals surface area contributed by atoms with Crippen LogP contribution in [0.15, 0.2) is 54.9 Å². The molecule has 5 heteroatoms. The molecule has 0 aliphatic rings. The maximum absolute atomic E-state index is 12.7. The molecule has 1 heterocycles. The molecule has 0 radical (unpaired) electrons. The fourth-order valence-electron chi connectivity index (χ4n) is 3.31. The van der Waals surface area contributed by atoms with Crippen LogP contribution in [0.2, 0.25) is 0 Å². The van der Waals surface area contributed by atoms with E-state index in [9.17, 15) is 4.79 Å². The number of carbonyl (C=O) groups is 1. The molecular formula is C23H27N3O2. The molecule has 5 nitrogen and oxygen atoms in total. The first kappa shape index (κ1) is 19.7. The highest BCUT2D eigenvalue weighted by Gasteiger charge is 2.15. The molecule has 3 aromatic rings. The molecule has 0 aliphatic heterocycles. The van der Waals surface area contributed by atoms with E-state index in [-0.39, 0.29) is 11.9 Å². The van der Waals surface area contributed by atoms with Crippen LogP contribution in [0.3, 0.4) is 0 Å². The van der Waals surface area contributed by atoms with Crippen molar-refractivity contribution in [3.8, 4) is 5.75 Å². The molecule has 1 N–H and O–H groups in total. The van der Waals surface area contributed by atoms with E-state index in [0.29, 0.717) is 5.56 Å². The average Bonchev–Trinajstić information content (AvgIpc) is 3.11. The summed E-state index contributed by atoms with van der Waals surface area (Å²) in [5.74, 6) is 1.77. The van der Waals surface area contributed by atoms with Crippen LogP contribution in [-0.4, -0.2) is 22.6 Å². The molecule has 0 unspecified atom stereocenters. The predicted octanol–water partition coefficient (Wildman–Crippen LogP) is 4.44. The van der Waals surface area contributed by atoms with Crippen LogP contribution >= 0.6 is 0 Å². The highest BCUT2D eigenvalue weighted by Crippen LogP contribution is 2.24. The molecule has 1 atom stereocenters. The molecule has 28 heavy (non-hydrogen) atoms. The van der Waals surface area contributed by atoms with E-state index in [4.69, 9.17) is 4.74 Å². The summed E-state index contributed by atoms with van der Waals surface area (Å²) in [7, 11) is 1.67. The minimum Gasteiger partial charge on any atom is -0.496 e. The van der Waals surface area contributed by atoms with Gasteiger partial charge in [-0.3, -0.25) is 4.79 Å². The number of aromatic nitrogens is 2. The molecule has 146 valence electrons. The van der Waals surface area contributed by atoms with Crippen molar-refractivity contribution in [1.82, 2.24) is 14.9 Å². The molecule has 1 amide bonds. The van der Waals surface area contributed by atoms with Gasteiger partial charge in [-0.05, 0) is 55.2 Å². The maximum Gasteiger partial charge on any atom is 0.251 e. The van der Waals surface area contributed by atoms with E-state index in [1.54, 1.807) is 13.3 Å². The third-order valence-corrected chi connectivity index (χ3v) is 5.03. The Bertz CT molecular complexity index is 945. The number of imidazole rings is 1. The molecule has 1 aromatic heterocycles. The third-order valence-electron chi connectivity index (χ3n) is 5.03. The van der Waals surface area contributed by atoms with Gasteiger partial charge in [-0.2, -0.15) is 0 Å². The number of carbonyl (C=O) groups excluding carboxylic acids is 1. The maximum atomic E-state index is 12.7. The topological polar surface area (TPSA) is 56.2 Å². The molecule has 3 rings (SSSR count). The zero-order chi connectivity index (χ0) is 20.1. The summed E-state index contributed by atoms with van der Waals surface area (Å²) in [5.41, 5.74) is 3.94. The second kappa shape index (κ2) is 8.74. The summed E-state index contributed by atoms with van der Waals surface area (Å²) in [6.07, 6.45) is 4.57. The minimum absolute atomic E-state index is 0.0367. The highest BCUT2D eigenvalue weighted by molar-refractivity contribution is 5.94. The Labute approximate surface area is 166 Å². The van der Waals surface area contributed by atoms with E-state index in [1.807, 2.05) is 56.4 Å². The molecule has 0 fully saturated rings. The Kier molecular flexibility index (Phi) is 6.14. The normalized spacial score (nSPS) is 11.9. The molecule has 0 saturated carbocycles. The van der Waals surface area contributed by atoms with E-state index in [1.165, 1.54) is 0 Å². The number of benzene rings is 2. The Morgan fingerprint density at radius 2 is 1.93 bits per heavy atom.